The highest BCUT2D eigenvalue weighted by Gasteiger charge is 2.27. The smallest absolute Gasteiger partial charge is 0.251 e. The van der Waals surface area contributed by atoms with Crippen LogP contribution in [-0.4, -0.2) is 28.3 Å². The van der Waals surface area contributed by atoms with E-state index in [9.17, 15) is 14.0 Å². The number of aromatic amines is 1. The van der Waals surface area contributed by atoms with Crippen LogP contribution in [0.1, 0.15) is 34.5 Å². The van der Waals surface area contributed by atoms with E-state index in [4.69, 9.17) is 4.74 Å². The molecule has 0 fully saturated rings. The molecule has 2 aromatic heterocycles. The van der Waals surface area contributed by atoms with E-state index in [1.165, 1.54) is 12.1 Å². The lowest BCUT2D eigenvalue weighted by atomic mass is 9.95. The van der Waals surface area contributed by atoms with Gasteiger partial charge in [-0.25, -0.2) is 9.37 Å². The molecule has 36 heavy (non-hydrogen) atoms. The van der Waals surface area contributed by atoms with Gasteiger partial charge in [0.2, 0.25) is 0 Å². The second-order valence-electron chi connectivity index (χ2n) is 8.59. The van der Waals surface area contributed by atoms with Crippen LogP contribution in [0.3, 0.4) is 0 Å². The van der Waals surface area contributed by atoms with Crippen molar-refractivity contribution in [2.75, 3.05) is 17.2 Å². The number of para-hydroxylation sites is 1. The van der Waals surface area contributed by atoms with E-state index >= 15 is 0 Å². The minimum Gasteiger partial charge on any atom is -0.367 e. The first kappa shape index (κ1) is 23.4. The molecule has 0 atom stereocenters. The van der Waals surface area contributed by atoms with Crippen molar-refractivity contribution in [1.29, 1.82) is 0 Å². The summed E-state index contributed by atoms with van der Waals surface area (Å²) in [5.41, 5.74) is 5.53. The number of carbonyl (C=O) groups is 2. The standard InChI is InChI=1S/C28H25FN4O3/c29-20-11-9-18(10-12-20)16-36-17-25(35)33-24-15-19(13-14-30-24)27-28(31-21-5-2-1-3-6-21)26-22(32-27)7-4-8-23(26)34/h1-3,5-6,9-15,31-32H,4,7-8,16-17H2,(H,30,33,35). The predicted molar refractivity (Wildman–Crippen MR) is 136 cm³/mol. The number of hydrogen-bond donors (Lipinski definition) is 3. The third-order valence-corrected chi connectivity index (χ3v) is 5.96. The van der Waals surface area contributed by atoms with Crippen LogP contribution >= 0.6 is 0 Å². The van der Waals surface area contributed by atoms with Crippen molar-refractivity contribution < 1.29 is 18.7 Å². The third kappa shape index (κ3) is 5.34. The van der Waals surface area contributed by atoms with Crippen molar-refractivity contribution in [3.63, 3.8) is 0 Å². The summed E-state index contributed by atoms with van der Waals surface area (Å²) in [6.07, 6.45) is 3.73. The number of nitrogens with one attached hydrogen (secondary N) is 3. The van der Waals surface area contributed by atoms with Crippen LogP contribution < -0.4 is 10.6 Å². The molecule has 0 aliphatic heterocycles. The number of ether oxygens (including phenoxy) is 1. The number of Topliss-reactive ketones (excluding diaryl/α,β-unsaturated/α-hetero) is 1. The molecule has 1 aliphatic carbocycles. The summed E-state index contributed by atoms with van der Waals surface area (Å²) in [7, 11) is 0. The molecule has 5 rings (SSSR count). The second-order valence-corrected chi connectivity index (χ2v) is 8.59. The summed E-state index contributed by atoms with van der Waals surface area (Å²) < 4.78 is 18.5. The zero-order valence-corrected chi connectivity index (χ0v) is 19.5. The zero-order valence-electron chi connectivity index (χ0n) is 19.5. The highest BCUT2D eigenvalue weighted by atomic mass is 19.1. The predicted octanol–water partition coefficient (Wildman–Crippen LogP) is 5.63. The van der Waals surface area contributed by atoms with Gasteiger partial charge in [-0.1, -0.05) is 30.3 Å². The minimum atomic E-state index is -0.356. The normalized spacial score (nSPS) is 12.8. The molecule has 0 unspecified atom stereocenters. The molecule has 182 valence electrons. The van der Waals surface area contributed by atoms with Gasteiger partial charge in [0.15, 0.2) is 5.78 Å². The van der Waals surface area contributed by atoms with Gasteiger partial charge >= 0.3 is 0 Å². The van der Waals surface area contributed by atoms with Crippen molar-refractivity contribution in [3.05, 3.63) is 95.6 Å². The molecule has 0 radical (unpaired) electrons. The largest absolute Gasteiger partial charge is 0.367 e. The first-order valence-electron chi connectivity index (χ1n) is 11.8. The number of aromatic nitrogens is 2. The SMILES string of the molecule is O=C(COCc1ccc(F)cc1)Nc1cc(-c2[nH]c3c(c2Nc2ccccc2)C(=O)CCC3)ccn1. The molecule has 1 amide bonds. The Balaban J connectivity index is 1.33. The Labute approximate surface area is 207 Å². The summed E-state index contributed by atoms with van der Waals surface area (Å²) >= 11 is 0. The summed E-state index contributed by atoms with van der Waals surface area (Å²) in [6, 6.07) is 19.2. The molecule has 4 aromatic rings. The number of aryl methyl sites for hydroxylation is 1. The molecule has 0 bridgehead atoms. The van der Waals surface area contributed by atoms with Gasteiger partial charge < -0.3 is 20.4 Å². The van der Waals surface area contributed by atoms with Crippen molar-refractivity contribution in [2.45, 2.75) is 25.9 Å². The van der Waals surface area contributed by atoms with Gasteiger partial charge in [-0.3, -0.25) is 9.59 Å². The molecular weight excluding hydrogens is 459 g/mol. The Morgan fingerprint density at radius 2 is 1.86 bits per heavy atom. The van der Waals surface area contributed by atoms with E-state index in [0.29, 0.717) is 17.8 Å². The maximum atomic E-state index is 13.0. The molecule has 0 saturated carbocycles. The summed E-state index contributed by atoms with van der Waals surface area (Å²) in [5.74, 6) is -0.201. The summed E-state index contributed by atoms with van der Waals surface area (Å²) in [5, 5.41) is 6.16. The number of halogens is 1. The molecule has 0 saturated heterocycles. The number of rotatable bonds is 8. The van der Waals surface area contributed by atoms with Gasteiger partial charge in [0, 0.05) is 29.6 Å². The molecule has 0 spiro atoms. The highest BCUT2D eigenvalue weighted by molar-refractivity contribution is 6.07. The Hall–Kier alpha value is -4.30. The maximum Gasteiger partial charge on any atom is 0.251 e. The van der Waals surface area contributed by atoms with Crippen LogP contribution in [0.15, 0.2) is 72.9 Å². The van der Waals surface area contributed by atoms with E-state index in [0.717, 1.165) is 46.7 Å². The van der Waals surface area contributed by atoms with Crippen molar-refractivity contribution >= 4 is 28.9 Å². The fourth-order valence-corrected chi connectivity index (χ4v) is 4.28. The van der Waals surface area contributed by atoms with Crippen LogP contribution in [-0.2, 0) is 22.6 Å². The fourth-order valence-electron chi connectivity index (χ4n) is 4.28. The van der Waals surface area contributed by atoms with E-state index in [1.807, 2.05) is 36.4 Å². The van der Waals surface area contributed by atoms with Crippen LogP contribution in [0.4, 0.5) is 21.6 Å². The number of fused-ring (bicyclic) bond motifs is 1. The Morgan fingerprint density at radius 1 is 1.06 bits per heavy atom. The summed E-state index contributed by atoms with van der Waals surface area (Å²) in [6.45, 7) is 0.0210. The van der Waals surface area contributed by atoms with E-state index in [-0.39, 0.29) is 30.7 Å². The first-order valence-corrected chi connectivity index (χ1v) is 11.8. The lowest BCUT2D eigenvalue weighted by molar-refractivity contribution is -0.121. The molecule has 7 nitrogen and oxygen atoms in total. The van der Waals surface area contributed by atoms with E-state index in [2.05, 4.69) is 20.6 Å². The lowest BCUT2D eigenvalue weighted by Gasteiger charge is -2.14. The third-order valence-electron chi connectivity index (χ3n) is 5.96. The Morgan fingerprint density at radius 3 is 2.67 bits per heavy atom. The minimum absolute atomic E-state index is 0.109. The fraction of sp³-hybridized carbons (Fsp3) is 0.179. The van der Waals surface area contributed by atoms with E-state index < -0.39 is 0 Å². The van der Waals surface area contributed by atoms with Crippen molar-refractivity contribution in [1.82, 2.24) is 9.97 Å². The maximum absolute atomic E-state index is 13.0. The first-order chi connectivity index (χ1) is 17.6. The van der Waals surface area contributed by atoms with Gasteiger partial charge in [-0.2, -0.15) is 0 Å². The number of ketones is 1. The van der Waals surface area contributed by atoms with Crippen LogP contribution in [0, 0.1) is 5.82 Å². The van der Waals surface area contributed by atoms with Crippen molar-refractivity contribution in [2.24, 2.45) is 0 Å². The number of H-pyrrole nitrogens is 1. The monoisotopic (exact) mass is 484 g/mol. The zero-order chi connectivity index (χ0) is 24.9. The second kappa shape index (κ2) is 10.5. The van der Waals surface area contributed by atoms with Gasteiger partial charge in [0.25, 0.3) is 5.91 Å². The number of carbonyl (C=O) groups excluding carboxylic acids is 2. The molecular formula is C28H25FN4O3. The van der Waals surface area contributed by atoms with Crippen molar-refractivity contribution in [3.8, 4) is 11.3 Å². The average Bonchev–Trinajstić information content (AvgIpc) is 3.25. The van der Waals surface area contributed by atoms with Crippen LogP contribution in [0.5, 0.6) is 0 Å². The van der Waals surface area contributed by atoms with Gasteiger partial charge in [0.1, 0.15) is 18.2 Å². The molecule has 1 aliphatic rings. The number of hydrogen-bond acceptors (Lipinski definition) is 5. The summed E-state index contributed by atoms with van der Waals surface area (Å²) in [4.78, 5) is 32.9. The average molecular weight is 485 g/mol. The van der Waals surface area contributed by atoms with Gasteiger partial charge in [-0.15, -0.1) is 0 Å². The Bertz CT molecular complexity index is 1380. The van der Waals surface area contributed by atoms with Gasteiger partial charge in [-0.05, 0) is 54.8 Å². The Kier molecular flexibility index (Phi) is 6.86. The van der Waals surface area contributed by atoms with E-state index in [1.54, 1.807) is 24.4 Å². The molecule has 8 heteroatoms. The number of anilines is 3. The van der Waals surface area contributed by atoms with Crippen LogP contribution in [0.25, 0.3) is 11.3 Å². The van der Waals surface area contributed by atoms with Gasteiger partial charge in [0.05, 0.1) is 23.6 Å². The van der Waals surface area contributed by atoms with Crippen LogP contribution in [0.2, 0.25) is 0 Å². The number of pyridine rings is 1. The number of amides is 1. The highest BCUT2D eigenvalue weighted by Crippen LogP contribution is 2.39. The quantitative estimate of drug-likeness (QED) is 0.301. The molecule has 2 heterocycles. The lowest BCUT2D eigenvalue weighted by Crippen LogP contribution is -2.18. The molecule has 3 N–H and O–H groups in total. The molecule has 2 aromatic carbocycles. The topological polar surface area (TPSA) is 96.1 Å². The number of benzene rings is 2. The number of nitrogens with zero attached hydrogens (tertiary/aromatic N) is 1.